The van der Waals surface area contributed by atoms with Gasteiger partial charge in [0, 0.05) is 23.8 Å². The maximum Gasteiger partial charge on any atom is 0.411 e. The molecule has 2 aromatic carbocycles. The molecule has 0 aliphatic carbocycles. The third-order valence-electron chi connectivity index (χ3n) is 4.89. The smallest absolute Gasteiger partial charge is 0.411 e. The zero-order valence-corrected chi connectivity index (χ0v) is 19.4. The average molecular weight is 441 g/mol. The first-order chi connectivity index (χ1) is 15.2. The fourth-order valence-corrected chi connectivity index (χ4v) is 3.33. The number of amides is 2. The van der Waals surface area contributed by atoms with Gasteiger partial charge in [0.2, 0.25) is 5.91 Å². The van der Waals surface area contributed by atoms with Gasteiger partial charge in [-0.05, 0) is 63.4 Å². The van der Waals surface area contributed by atoms with E-state index in [1.807, 2.05) is 70.2 Å². The van der Waals surface area contributed by atoms with Crippen LogP contribution in [0.15, 0.2) is 42.5 Å². The van der Waals surface area contributed by atoms with Gasteiger partial charge in [-0.15, -0.1) is 0 Å². The van der Waals surface area contributed by atoms with Gasteiger partial charge in [0.05, 0.1) is 13.0 Å². The van der Waals surface area contributed by atoms with Crippen molar-refractivity contribution in [2.75, 3.05) is 16.8 Å². The van der Waals surface area contributed by atoms with Gasteiger partial charge in [0.25, 0.3) is 0 Å². The molecule has 172 valence electrons. The highest BCUT2D eigenvalue weighted by Gasteiger charge is 2.23. The molecule has 2 amide bonds. The summed E-state index contributed by atoms with van der Waals surface area (Å²) in [5.41, 5.74) is 3.89. The first kappa shape index (κ1) is 24.9. The standard InChI is InChI=1S/C25H32N2O5/c1-6-31-24(29)13-12-23(28)27(17(2)3)22-15-18(4)21(14-19(22)5)26-25(30)32-16-20-10-8-7-9-11-20/h7-11,14-15,17H,6,12-13,16H2,1-5H3,(H,26,30). The number of esters is 1. The highest BCUT2D eigenvalue weighted by Crippen LogP contribution is 2.29. The Balaban J connectivity index is 2.10. The molecule has 0 fully saturated rings. The van der Waals surface area contributed by atoms with Gasteiger partial charge in [-0.2, -0.15) is 0 Å². The van der Waals surface area contributed by atoms with Crippen LogP contribution in [-0.4, -0.2) is 30.6 Å². The van der Waals surface area contributed by atoms with Crippen LogP contribution < -0.4 is 10.2 Å². The normalized spacial score (nSPS) is 10.6. The molecule has 0 aliphatic heterocycles. The zero-order valence-electron chi connectivity index (χ0n) is 19.4. The summed E-state index contributed by atoms with van der Waals surface area (Å²) in [7, 11) is 0. The average Bonchev–Trinajstić information content (AvgIpc) is 2.75. The number of hydrogen-bond acceptors (Lipinski definition) is 5. The summed E-state index contributed by atoms with van der Waals surface area (Å²) < 4.78 is 10.2. The molecule has 0 heterocycles. The summed E-state index contributed by atoms with van der Waals surface area (Å²) in [6.45, 7) is 9.79. The van der Waals surface area contributed by atoms with Crippen molar-refractivity contribution in [2.24, 2.45) is 0 Å². The number of aryl methyl sites for hydroxylation is 2. The molecule has 0 saturated heterocycles. The highest BCUT2D eigenvalue weighted by molar-refractivity contribution is 5.97. The Morgan fingerprint density at radius 2 is 1.66 bits per heavy atom. The van der Waals surface area contributed by atoms with Gasteiger partial charge < -0.3 is 14.4 Å². The molecule has 0 spiro atoms. The first-order valence-corrected chi connectivity index (χ1v) is 10.8. The van der Waals surface area contributed by atoms with Crippen molar-refractivity contribution in [1.82, 2.24) is 0 Å². The van der Waals surface area contributed by atoms with Crippen molar-refractivity contribution in [3.05, 3.63) is 59.2 Å². The van der Waals surface area contributed by atoms with E-state index in [0.717, 1.165) is 22.4 Å². The van der Waals surface area contributed by atoms with Crippen molar-refractivity contribution in [1.29, 1.82) is 0 Å². The molecule has 0 unspecified atom stereocenters. The molecule has 0 saturated carbocycles. The number of carbonyl (C=O) groups is 3. The van der Waals surface area contributed by atoms with Crippen LogP contribution in [0.5, 0.6) is 0 Å². The molecule has 7 heteroatoms. The molecular weight excluding hydrogens is 408 g/mol. The first-order valence-electron chi connectivity index (χ1n) is 10.8. The van der Waals surface area contributed by atoms with Gasteiger partial charge in [-0.3, -0.25) is 14.9 Å². The maximum atomic E-state index is 12.9. The van der Waals surface area contributed by atoms with E-state index >= 15 is 0 Å². The van der Waals surface area contributed by atoms with E-state index in [1.54, 1.807) is 11.8 Å². The van der Waals surface area contributed by atoms with Crippen LogP contribution in [0.2, 0.25) is 0 Å². The summed E-state index contributed by atoms with van der Waals surface area (Å²) in [6.07, 6.45) is -0.433. The van der Waals surface area contributed by atoms with Gasteiger partial charge in [-0.1, -0.05) is 30.3 Å². The van der Waals surface area contributed by atoms with Gasteiger partial charge in [0.1, 0.15) is 6.61 Å². The fraction of sp³-hybridized carbons (Fsp3) is 0.400. The second-order valence-corrected chi connectivity index (χ2v) is 7.80. The van der Waals surface area contributed by atoms with Crippen molar-refractivity contribution in [3.63, 3.8) is 0 Å². The van der Waals surface area contributed by atoms with Crippen LogP contribution in [0.1, 0.15) is 50.3 Å². The van der Waals surface area contributed by atoms with E-state index in [-0.39, 0.29) is 37.4 Å². The lowest BCUT2D eigenvalue weighted by atomic mass is 10.1. The number of nitrogens with zero attached hydrogens (tertiary/aromatic N) is 1. The van der Waals surface area contributed by atoms with Crippen molar-refractivity contribution < 1.29 is 23.9 Å². The highest BCUT2D eigenvalue weighted by atomic mass is 16.5. The minimum Gasteiger partial charge on any atom is -0.466 e. The third kappa shape index (κ3) is 7.11. The van der Waals surface area contributed by atoms with Crippen LogP contribution >= 0.6 is 0 Å². The molecule has 2 rings (SSSR count). The monoisotopic (exact) mass is 440 g/mol. The number of benzene rings is 2. The quantitative estimate of drug-likeness (QED) is 0.546. The summed E-state index contributed by atoms with van der Waals surface area (Å²) in [5.74, 6) is -0.537. The van der Waals surface area contributed by atoms with E-state index in [9.17, 15) is 14.4 Å². The largest absolute Gasteiger partial charge is 0.466 e. The van der Waals surface area contributed by atoms with Gasteiger partial charge in [-0.25, -0.2) is 4.79 Å². The van der Waals surface area contributed by atoms with Crippen LogP contribution in [0.25, 0.3) is 0 Å². The second kappa shape index (κ2) is 11.9. The van der Waals surface area contributed by atoms with E-state index in [1.165, 1.54) is 0 Å². The maximum absolute atomic E-state index is 12.9. The molecule has 0 radical (unpaired) electrons. The topological polar surface area (TPSA) is 84.9 Å². The van der Waals surface area contributed by atoms with Crippen LogP contribution in [0.3, 0.4) is 0 Å². The second-order valence-electron chi connectivity index (χ2n) is 7.80. The summed E-state index contributed by atoms with van der Waals surface area (Å²) in [6, 6.07) is 13.0. The minimum atomic E-state index is -0.546. The number of rotatable bonds is 9. The number of anilines is 2. The molecule has 32 heavy (non-hydrogen) atoms. The lowest BCUT2D eigenvalue weighted by Gasteiger charge is -2.29. The Morgan fingerprint density at radius 3 is 2.28 bits per heavy atom. The van der Waals surface area contributed by atoms with E-state index in [2.05, 4.69) is 5.32 Å². The van der Waals surface area contributed by atoms with Crippen LogP contribution in [0.4, 0.5) is 16.2 Å². The predicted molar refractivity (Wildman–Crippen MR) is 125 cm³/mol. The number of carbonyl (C=O) groups excluding carboxylic acids is 3. The molecule has 0 bridgehead atoms. The number of nitrogens with one attached hydrogen (secondary N) is 1. The molecule has 0 atom stereocenters. The summed E-state index contributed by atoms with van der Waals surface area (Å²) in [5, 5.41) is 2.77. The molecular formula is C25H32N2O5. The lowest BCUT2D eigenvalue weighted by Crippen LogP contribution is -2.37. The molecule has 7 nitrogen and oxygen atoms in total. The van der Waals surface area contributed by atoms with Crippen LogP contribution in [0, 0.1) is 13.8 Å². The predicted octanol–water partition coefficient (Wildman–Crippen LogP) is 5.14. The van der Waals surface area contributed by atoms with Gasteiger partial charge in [0.15, 0.2) is 0 Å². The lowest BCUT2D eigenvalue weighted by molar-refractivity contribution is -0.144. The fourth-order valence-electron chi connectivity index (χ4n) is 3.33. The number of hydrogen-bond donors (Lipinski definition) is 1. The molecule has 1 N–H and O–H groups in total. The Kier molecular flexibility index (Phi) is 9.25. The molecule has 2 aromatic rings. The Hall–Kier alpha value is -3.35. The van der Waals surface area contributed by atoms with E-state index in [4.69, 9.17) is 9.47 Å². The summed E-state index contributed by atoms with van der Waals surface area (Å²) in [4.78, 5) is 38.4. The Morgan fingerprint density at radius 1 is 0.969 bits per heavy atom. The molecule has 0 aliphatic rings. The summed E-state index contributed by atoms with van der Waals surface area (Å²) >= 11 is 0. The van der Waals surface area contributed by atoms with Crippen molar-refractivity contribution in [3.8, 4) is 0 Å². The zero-order chi connectivity index (χ0) is 23.7. The Bertz CT molecular complexity index is 941. The third-order valence-corrected chi connectivity index (χ3v) is 4.89. The molecule has 0 aromatic heterocycles. The van der Waals surface area contributed by atoms with Crippen molar-refractivity contribution >= 4 is 29.3 Å². The van der Waals surface area contributed by atoms with E-state index in [0.29, 0.717) is 12.3 Å². The van der Waals surface area contributed by atoms with Crippen LogP contribution in [-0.2, 0) is 25.7 Å². The minimum absolute atomic E-state index is 0.0425. The van der Waals surface area contributed by atoms with Crippen molar-refractivity contribution in [2.45, 2.75) is 60.1 Å². The Labute approximate surface area is 189 Å². The van der Waals surface area contributed by atoms with Gasteiger partial charge >= 0.3 is 12.1 Å². The number of ether oxygens (including phenoxy) is 2. The SMILES string of the molecule is CCOC(=O)CCC(=O)N(c1cc(C)c(NC(=O)OCc2ccccc2)cc1C)C(C)C. The van der Waals surface area contributed by atoms with E-state index < -0.39 is 6.09 Å².